The highest BCUT2D eigenvalue weighted by molar-refractivity contribution is 8.14. The van der Waals surface area contributed by atoms with Crippen molar-refractivity contribution >= 4 is 33.7 Å². The highest BCUT2D eigenvalue weighted by atomic mass is 32.2. The Morgan fingerprint density at radius 1 is 1.16 bits per heavy atom. The molecular formula is C23H27F3N4OS. The van der Waals surface area contributed by atoms with Crippen LogP contribution < -0.4 is 11.1 Å². The third-order valence-corrected chi connectivity index (χ3v) is 6.28. The minimum atomic E-state index is -4.29. The van der Waals surface area contributed by atoms with Gasteiger partial charge in [-0.1, -0.05) is 49.0 Å². The van der Waals surface area contributed by atoms with Gasteiger partial charge in [-0.05, 0) is 54.7 Å². The first kappa shape index (κ1) is 24.0. The van der Waals surface area contributed by atoms with E-state index in [0.717, 1.165) is 53.2 Å². The van der Waals surface area contributed by atoms with Crippen LogP contribution >= 0.6 is 11.8 Å². The van der Waals surface area contributed by atoms with Crippen LogP contribution in [0.3, 0.4) is 0 Å². The lowest BCUT2D eigenvalue weighted by atomic mass is 10.1. The van der Waals surface area contributed by atoms with Crippen molar-refractivity contribution in [2.75, 3.05) is 18.8 Å². The molecule has 4 rings (SSSR count). The molecule has 0 amide bonds. The Balaban J connectivity index is 0.00000141. The first-order valence-electron chi connectivity index (χ1n) is 10.7. The maximum atomic E-state index is 12.6. The van der Waals surface area contributed by atoms with Crippen molar-refractivity contribution in [2.45, 2.75) is 44.5 Å². The lowest BCUT2D eigenvalue weighted by Gasteiger charge is -2.22. The van der Waals surface area contributed by atoms with E-state index in [4.69, 9.17) is 10.3 Å². The number of halogens is 3. The smallest absolute Gasteiger partial charge is 0.380 e. The van der Waals surface area contributed by atoms with Gasteiger partial charge in [0.25, 0.3) is 0 Å². The Hall–Kier alpha value is -2.68. The number of aromatic nitrogens is 1. The van der Waals surface area contributed by atoms with Crippen LogP contribution in [0.15, 0.2) is 52.0 Å². The van der Waals surface area contributed by atoms with E-state index in [0.29, 0.717) is 24.4 Å². The van der Waals surface area contributed by atoms with Crippen LogP contribution in [-0.4, -0.2) is 23.4 Å². The summed E-state index contributed by atoms with van der Waals surface area (Å²) in [4.78, 5) is 4.55. The van der Waals surface area contributed by atoms with Crippen molar-refractivity contribution in [3.63, 3.8) is 0 Å². The number of rotatable bonds is 5. The number of nitrogen functional groups attached to an aromatic ring is 1. The largest absolute Gasteiger partial charge is 0.416 e. The van der Waals surface area contributed by atoms with Crippen molar-refractivity contribution in [1.29, 1.82) is 0 Å². The highest BCUT2D eigenvalue weighted by Gasteiger charge is 2.29. The summed E-state index contributed by atoms with van der Waals surface area (Å²) < 4.78 is 43.0. The summed E-state index contributed by atoms with van der Waals surface area (Å²) in [6.45, 7) is 5.44. The SMILES string of the molecule is CC.Nc1noc2ccc(C3CCN=C(NCCCc4ccc(C(F)(F)F)cc4)S3)cc12. The van der Waals surface area contributed by atoms with Gasteiger partial charge < -0.3 is 15.6 Å². The molecule has 1 aliphatic rings. The average Bonchev–Trinajstić information content (AvgIpc) is 3.18. The fourth-order valence-electron chi connectivity index (χ4n) is 3.37. The molecule has 1 unspecified atom stereocenters. The van der Waals surface area contributed by atoms with Crippen LogP contribution in [0.1, 0.15) is 48.6 Å². The number of aliphatic imine (C=N–C) groups is 1. The number of benzene rings is 2. The molecule has 0 fully saturated rings. The molecule has 1 aliphatic heterocycles. The van der Waals surface area contributed by atoms with Gasteiger partial charge in [-0.2, -0.15) is 13.2 Å². The van der Waals surface area contributed by atoms with Crippen LogP contribution in [-0.2, 0) is 12.6 Å². The molecular weight excluding hydrogens is 437 g/mol. The van der Waals surface area contributed by atoms with Crippen LogP contribution in [0.5, 0.6) is 0 Å². The number of hydrogen-bond donors (Lipinski definition) is 2. The number of alkyl halides is 3. The average molecular weight is 465 g/mol. The summed E-state index contributed by atoms with van der Waals surface area (Å²) in [5.41, 5.74) is 7.96. The predicted molar refractivity (Wildman–Crippen MR) is 125 cm³/mol. The van der Waals surface area contributed by atoms with Crippen molar-refractivity contribution in [1.82, 2.24) is 10.5 Å². The zero-order chi connectivity index (χ0) is 23.1. The van der Waals surface area contributed by atoms with Gasteiger partial charge in [0.1, 0.15) is 0 Å². The molecule has 0 bridgehead atoms. The molecule has 0 saturated carbocycles. The molecule has 0 aliphatic carbocycles. The van der Waals surface area contributed by atoms with Gasteiger partial charge in [0.2, 0.25) is 0 Å². The second-order valence-electron chi connectivity index (χ2n) is 7.13. The molecule has 0 spiro atoms. The van der Waals surface area contributed by atoms with Crippen LogP contribution in [0.4, 0.5) is 19.0 Å². The van der Waals surface area contributed by atoms with E-state index in [9.17, 15) is 13.2 Å². The summed E-state index contributed by atoms with van der Waals surface area (Å²) >= 11 is 1.67. The van der Waals surface area contributed by atoms with Crippen LogP contribution in [0, 0.1) is 0 Å². The van der Waals surface area contributed by atoms with Gasteiger partial charge in [0.05, 0.1) is 10.9 Å². The fraction of sp³-hybridized carbons (Fsp3) is 0.391. The molecule has 172 valence electrons. The maximum Gasteiger partial charge on any atom is 0.416 e. The van der Waals surface area contributed by atoms with Gasteiger partial charge in [-0.15, -0.1) is 0 Å². The third kappa shape index (κ3) is 5.97. The topological polar surface area (TPSA) is 76.4 Å². The molecule has 5 nitrogen and oxygen atoms in total. The number of thioether (sulfide) groups is 1. The molecule has 3 N–H and O–H groups in total. The molecule has 32 heavy (non-hydrogen) atoms. The number of hydrogen-bond acceptors (Lipinski definition) is 6. The van der Waals surface area contributed by atoms with E-state index >= 15 is 0 Å². The third-order valence-electron chi connectivity index (χ3n) is 4.99. The highest BCUT2D eigenvalue weighted by Crippen LogP contribution is 2.37. The van der Waals surface area contributed by atoms with Crippen molar-refractivity contribution in [2.24, 2.45) is 4.99 Å². The van der Waals surface area contributed by atoms with E-state index < -0.39 is 11.7 Å². The second-order valence-corrected chi connectivity index (χ2v) is 8.32. The van der Waals surface area contributed by atoms with Crippen molar-refractivity contribution in [3.05, 3.63) is 59.2 Å². The fourth-order valence-corrected chi connectivity index (χ4v) is 4.50. The van der Waals surface area contributed by atoms with Crippen molar-refractivity contribution < 1.29 is 17.7 Å². The van der Waals surface area contributed by atoms with Gasteiger partial charge in [0.15, 0.2) is 16.6 Å². The normalized spacial score (nSPS) is 16.3. The molecule has 1 atom stereocenters. The Kier molecular flexibility index (Phi) is 8.06. The summed E-state index contributed by atoms with van der Waals surface area (Å²) in [5, 5.41) is 9.11. The van der Waals surface area contributed by atoms with Gasteiger partial charge >= 0.3 is 6.18 Å². The minimum Gasteiger partial charge on any atom is -0.380 e. The standard InChI is InChI=1S/C21H21F3N4OS.C2H6/c22-21(23,24)15-6-3-13(4-7-15)2-1-10-26-20-27-11-9-18(30-20)14-5-8-17-16(12-14)19(25)28-29-17;1-2/h3-8,12,18H,1-2,9-11H2,(H2,25,28)(H,26,27);1-2H3. The van der Waals surface area contributed by atoms with E-state index in [1.165, 1.54) is 12.1 Å². The molecule has 2 heterocycles. The quantitative estimate of drug-likeness (QED) is 0.439. The lowest BCUT2D eigenvalue weighted by molar-refractivity contribution is -0.137. The summed E-state index contributed by atoms with van der Waals surface area (Å²) in [5.74, 6) is 0.392. The van der Waals surface area contributed by atoms with E-state index in [1.807, 2.05) is 32.0 Å². The van der Waals surface area contributed by atoms with Gasteiger partial charge in [-0.3, -0.25) is 4.99 Å². The molecule has 2 aromatic carbocycles. The monoisotopic (exact) mass is 464 g/mol. The van der Waals surface area contributed by atoms with Crippen molar-refractivity contribution in [3.8, 4) is 0 Å². The summed E-state index contributed by atoms with van der Waals surface area (Å²) in [6, 6.07) is 11.3. The lowest BCUT2D eigenvalue weighted by Crippen LogP contribution is -2.26. The number of nitrogens with zero attached hydrogens (tertiary/aromatic N) is 2. The number of amidine groups is 1. The first-order valence-corrected chi connectivity index (χ1v) is 11.5. The van der Waals surface area contributed by atoms with E-state index in [1.54, 1.807) is 11.8 Å². The molecule has 1 aromatic heterocycles. The zero-order valence-corrected chi connectivity index (χ0v) is 18.9. The molecule has 3 aromatic rings. The van der Waals surface area contributed by atoms with Crippen LogP contribution in [0.2, 0.25) is 0 Å². The Morgan fingerprint density at radius 2 is 1.91 bits per heavy atom. The number of anilines is 1. The van der Waals surface area contributed by atoms with Gasteiger partial charge in [0, 0.05) is 18.3 Å². The number of fused-ring (bicyclic) bond motifs is 1. The number of aryl methyl sites for hydroxylation is 1. The summed E-state index contributed by atoms with van der Waals surface area (Å²) in [6.07, 6.45) is -1.86. The number of nitrogens with two attached hydrogens (primary N) is 1. The zero-order valence-electron chi connectivity index (χ0n) is 18.1. The minimum absolute atomic E-state index is 0.263. The Morgan fingerprint density at radius 3 is 2.62 bits per heavy atom. The predicted octanol–water partition coefficient (Wildman–Crippen LogP) is 6.21. The summed E-state index contributed by atoms with van der Waals surface area (Å²) in [7, 11) is 0. The number of nitrogens with one attached hydrogen (secondary N) is 1. The Labute approximate surface area is 189 Å². The molecule has 0 radical (unpaired) electrons. The van der Waals surface area contributed by atoms with E-state index in [2.05, 4.69) is 15.5 Å². The maximum absolute atomic E-state index is 12.6. The molecule has 0 saturated heterocycles. The first-order chi connectivity index (χ1) is 15.4. The van der Waals surface area contributed by atoms with Gasteiger partial charge in [-0.25, -0.2) is 0 Å². The second kappa shape index (κ2) is 10.8. The molecule has 9 heteroatoms. The van der Waals surface area contributed by atoms with Crippen LogP contribution in [0.25, 0.3) is 11.0 Å². The van der Waals surface area contributed by atoms with E-state index in [-0.39, 0.29) is 5.25 Å². The Bertz CT molecular complexity index is 1050.